The summed E-state index contributed by atoms with van der Waals surface area (Å²) in [6, 6.07) is -0.627. The molecule has 0 fully saturated rings. The summed E-state index contributed by atoms with van der Waals surface area (Å²) in [6.45, 7) is 1.90. The summed E-state index contributed by atoms with van der Waals surface area (Å²) in [7, 11) is 0. The van der Waals surface area contributed by atoms with Crippen molar-refractivity contribution in [3.8, 4) is 11.5 Å². The summed E-state index contributed by atoms with van der Waals surface area (Å²) in [4.78, 5) is 42.6. The van der Waals surface area contributed by atoms with E-state index < -0.39 is 24.2 Å². The monoisotopic (exact) mass is 306 g/mol. The number of nitrogens with one attached hydrogen (secondary N) is 2. The zero-order valence-corrected chi connectivity index (χ0v) is 11.8. The molecule has 2 rings (SSSR count). The van der Waals surface area contributed by atoms with Gasteiger partial charge in [0, 0.05) is 18.9 Å². The summed E-state index contributed by atoms with van der Waals surface area (Å²) in [5.74, 6) is -1.45. The second-order valence-corrected chi connectivity index (χ2v) is 4.25. The molecule has 22 heavy (non-hydrogen) atoms. The number of nitrogens with zero attached hydrogens (tertiary/aromatic N) is 4. The Morgan fingerprint density at radius 1 is 1.36 bits per heavy atom. The molecule has 0 aromatic carbocycles. The molecule has 0 aliphatic carbocycles. The molecule has 0 spiro atoms. The standard InChI is InChI=1S/C12H14N6O4/c1-2-3-15-11(20)16-9(19)7-18-10(17-22-12(18)21)8-6-13-4-5-14-8/h4-6H,2-3,7H2,1H3,(H2,15,16,19,20). The molecule has 2 heterocycles. The lowest BCUT2D eigenvalue weighted by molar-refractivity contribution is -0.120. The van der Waals surface area contributed by atoms with Crippen molar-refractivity contribution in [3.63, 3.8) is 0 Å². The van der Waals surface area contributed by atoms with Gasteiger partial charge in [-0.15, -0.1) is 0 Å². The van der Waals surface area contributed by atoms with Crippen LogP contribution in [0.2, 0.25) is 0 Å². The molecule has 10 nitrogen and oxygen atoms in total. The second-order valence-electron chi connectivity index (χ2n) is 4.25. The maximum atomic E-state index is 11.8. The highest BCUT2D eigenvalue weighted by atomic mass is 16.5. The van der Waals surface area contributed by atoms with E-state index in [1.165, 1.54) is 18.6 Å². The first kappa shape index (κ1) is 15.4. The molecular formula is C12H14N6O4. The lowest BCUT2D eigenvalue weighted by Gasteiger charge is -2.06. The van der Waals surface area contributed by atoms with Crippen molar-refractivity contribution >= 4 is 11.9 Å². The number of urea groups is 1. The number of imide groups is 1. The highest BCUT2D eigenvalue weighted by Crippen LogP contribution is 2.10. The van der Waals surface area contributed by atoms with Gasteiger partial charge in [-0.05, 0) is 6.42 Å². The number of amides is 3. The minimum atomic E-state index is -0.829. The molecular weight excluding hydrogens is 292 g/mol. The van der Waals surface area contributed by atoms with Crippen molar-refractivity contribution in [1.29, 1.82) is 0 Å². The third kappa shape index (κ3) is 3.75. The molecule has 0 atom stereocenters. The van der Waals surface area contributed by atoms with Gasteiger partial charge in [0.05, 0.1) is 6.20 Å². The first-order valence-electron chi connectivity index (χ1n) is 6.52. The molecule has 2 aromatic rings. The van der Waals surface area contributed by atoms with Crippen LogP contribution in [-0.2, 0) is 11.3 Å². The minimum Gasteiger partial charge on any atom is -0.338 e. The van der Waals surface area contributed by atoms with E-state index in [4.69, 9.17) is 0 Å². The van der Waals surface area contributed by atoms with E-state index in [1.54, 1.807) is 0 Å². The van der Waals surface area contributed by atoms with Crippen molar-refractivity contribution in [2.75, 3.05) is 6.54 Å². The quantitative estimate of drug-likeness (QED) is 0.763. The van der Waals surface area contributed by atoms with Crippen LogP contribution in [0.4, 0.5) is 4.79 Å². The zero-order valence-electron chi connectivity index (χ0n) is 11.8. The van der Waals surface area contributed by atoms with E-state index in [-0.39, 0.29) is 11.5 Å². The Balaban J connectivity index is 2.10. The van der Waals surface area contributed by atoms with Gasteiger partial charge in [0.25, 0.3) is 0 Å². The molecule has 0 aliphatic rings. The summed E-state index contributed by atoms with van der Waals surface area (Å²) in [6.07, 6.45) is 4.98. The fourth-order valence-corrected chi connectivity index (χ4v) is 1.60. The molecule has 0 radical (unpaired) electrons. The molecule has 0 unspecified atom stereocenters. The van der Waals surface area contributed by atoms with Gasteiger partial charge < -0.3 is 5.32 Å². The van der Waals surface area contributed by atoms with Gasteiger partial charge in [0.2, 0.25) is 11.7 Å². The number of carbonyl (C=O) groups is 2. The molecule has 2 aromatic heterocycles. The first-order chi connectivity index (χ1) is 10.6. The Labute approximate surface area is 124 Å². The van der Waals surface area contributed by atoms with Gasteiger partial charge in [-0.25, -0.2) is 19.1 Å². The van der Waals surface area contributed by atoms with Crippen LogP contribution in [0.25, 0.3) is 11.5 Å². The first-order valence-corrected chi connectivity index (χ1v) is 6.52. The fraction of sp³-hybridized carbons (Fsp3) is 0.333. The lowest BCUT2D eigenvalue weighted by Crippen LogP contribution is -2.42. The van der Waals surface area contributed by atoms with Crippen LogP contribution in [0.15, 0.2) is 27.9 Å². The van der Waals surface area contributed by atoms with Gasteiger partial charge in [0.15, 0.2) is 0 Å². The Morgan fingerprint density at radius 2 is 2.18 bits per heavy atom. The van der Waals surface area contributed by atoms with Gasteiger partial charge >= 0.3 is 11.8 Å². The highest BCUT2D eigenvalue weighted by Gasteiger charge is 2.17. The summed E-state index contributed by atoms with van der Waals surface area (Å²) in [5, 5.41) is 8.15. The van der Waals surface area contributed by atoms with Gasteiger partial charge in [-0.2, -0.15) is 0 Å². The van der Waals surface area contributed by atoms with E-state index >= 15 is 0 Å². The van der Waals surface area contributed by atoms with Crippen molar-refractivity contribution in [3.05, 3.63) is 29.1 Å². The third-order valence-electron chi connectivity index (χ3n) is 2.57. The Hall–Kier alpha value is -3.04. The van der Waals surface area contributed by atoms with Gasteiger partial charge in [-0.3, -0.25) is 19.6 Å². The van der Waals surface area contributed by atoms with Crippen molar-refractivity contribution in [2.45, 2.75) is 19.9 Å². The normalized spacial score (nSPS) is 10.2. The number of hydrogen-bond donors (Lipinski definition) is 2. The minimum absolute atomic E-state index is 0.0576. The average molecular weight is 306 g/mol. The van der Waals surface area contributed by atoms with Crippen LogP contribution >= 0.6 is 0 Å². The van der Waals surface area contributed by atoms with Crippen molar-refractivity contribution in [1.82, 2.24) is 30.3 Å². The van der Waals surface area contributed by atoms with Crippen molar-refractivity contribution in [2.24, 2.45) is 0 Å². The van der Waals surface area contributed by atoms with Crippen molar-refractivity contribution < 1.29 is 14.1 Å². The number of aromatic nitrogens is 4. The van der Waals surface area contributed by atoms with Crippen LogP contribution in [-0.4, -0.2) is 38.2 Å². The molecule has 116 valence electrons. The van der Waals surface area contributed by atoms with Gasteiger partial charge in [0.1, 0.15) is 12.2 Å². The van der Waals surface area contributed by atoms with Crippen LogP contribution in [0.3, 0.4) is 0 Å². The fourth-order valence-electron chi connectivity index (χ4n) is 1.60. The summed E-state index contributed by atoms with van der Waals surface area (Å²) >= 11 is 0. The Morgan fingerprint density at radius 3 is 2.86 bits per heavy atom. The lowest BCUT2D eigenvalue weighted by atomic mass is 10.4. The van der Waals surface area contributed by atoms with Crippen LogP contribution in [0.5, 0.6) is 0 Å². The highest BCUT2D eigenvalue weighted by molar-refractivity contribution is 5.94. The van der Waals surface area contributed by atoms with E-state index in [2.05, 4.69) is 30.3 Å². The smallest absolute Gasteiger partial charge is 0.338 e. The number of carbonyl (C=O) groups excluding carboxylic acids is 2. The maximum Gasteiger partial charge on any atom is 0.442 e. The van der Waals surface area contributed by atoms with Crippen LogP contribution in [0, 0.1) is 0 Å². The van der Waals surface area contributed by atoms with E-state index in [0.29, 0.717) is 6.54 Å². The largest absolute Gasteiger partial charge is 0.442 e. The van der Waals surface area contributed by atoms with Crippen LogP contribution < -0.4 is 16.4 Å². The SMILES string of the molecule is CCCNC(=O)NC(=O)Cn1c(-c2cnccn2)noc1=O. The third-order valence-corrected chi connectivity index (χ3v) is 2.57. The Bertz CT molecular complexity index is 708. The topological polar surface area (TPSA) is 132 Å². The van der Waals surface area contributed by atoms with Crippen LogP contribution in [0.1, 0.15) is 13.3 Å². The molecule has 0 saturated heterocycles. The molecule has 2 N–H and O–H groups in total. The Kier molecular flexibility index (Phi) is 4.96. The van der Waals surface area contributed by atoms with E-state index in [9.17, 15) is 14.4 Å². The number of hydrogen-bond acceptors (Lipinski definition) is 7. The maximum absolute atomic E-state index is 11.8. The molecule has 0 bridgehead atoms. The molecule has 10 heteroatoms. The summed E-state index contributed by atoms with van der Waals surface area (Å²) in [5.41, 5.74) is 0.275. The molecule has 3 amide bonds. The second kappa shape index (κ2) is 7.11. The number of rotatable bonds is 5. The molecule has 0 saturated carbocycles. The van der Waals surface area contributed by atoms with Gasteiger partial charge in [-0.1, -0.05) is 12.1 Å². The van der Waals surface area contributed by atoms with E-state index in [1.807, 2.05) is 6.92 Å². The predicted molar refractivity (Wildman–Crippen MR) is 73.6 cm³/mol. The predicted octanol–water partition coefficient (Wildman–Crippen LogP) is -0.471. The van der Waals surface area contributed by atoms with E-state index in [0.717, 1.165) is 11.0 Å². The summed E-state index contributed by atoms with van der Waals surface area (Å²) < 4.78 is 5.49. The average Bonchev–Trinajstić information content (AvgIpc) is 2.87. The molecule has 0 aliphatic heterocycles. The zero-order chi connectivity index (χ0) is 15.9.